The van der Waals surface area contributed by atoms with Crippen LogP contribution in [0.1, 0.15) is 18.4 Å². The van der Waals surface area contributed by atoms with Crippen LogP contribution in [0.5, 0.6) is 0 Å². The first kappa shape index (κ1) is 15.8. The van der Waals surface area contributed by atoms with Crippen molar-refractivity contribution in [2.75, 3.05) is 0 Å². The van der Waals surface area contributed by atoms with E-state index in [1.165, 1.54) is 0 Å². The van der Waals surface area contributed by atoms with Gasteiger partial charge in [-0.05, 0) is 12.0 Å². The van der Waals surface area contributed by atoms with Crippen LogP contribution >= 0.6 is 0 Å². The summed E-state index contributed by atoms with van der Waals surface area (Å²) < 4.78 is 0. The zero-order valence-electron chi connectivity index (χ0n) is 10.9. The number of rotatable bonds is 8. The van der Waals surface area contributed by atoms with E-state index < -0.39 is 24.0 Å². The van der Waals surface area contributed by atoms with E-state index in [4.69, 9.17) is 10.8 Å². The number of carbonyl (C=O) groups excluding carboxylic acids is 2. The number of carboxylic acid groups (broad SMARTS) is 1. The second-order valence-electron chi connectivity index (χ2n) is 4.41. The third kappa shape index (κ3) is 5.62. The Morgan fingerprint density at radius 2 is 1.95 bits per heavy atom. The number of carboxylic acids is 1. The molecule has 0 aromatic heterocycles. The Kier molecular flexibility index (Phi) is 6.39. The Labute approximate surface area is 117 Å². The summed E-state index contributed by atoms with van der Waals surface area (Å²) in [7, 11) is 0. The Balaban J connectivity index is 2.49. The number of carbonyl (C=O) groups is 2. The Bertz CT molecular complexity index is 462. The van der Waals surface area contributed by atoms with Gasteiger partial charge in [-0.1, -0.05) is 30.3 Å². The van der Waals surface area contributed by atoms with Crippen molar-refractivity contribution < 1.29 is 19.5 Å². The van der Waals surface area contributed by atoms with Gasteiger partial charge >= 0.3 is 5.97 Å². The fourth-order valence-corrected chi connectivity index (χ4v) is 1.66. The normalized spacial score (nSPS) is 13.2. The number of aliphatic carboxylic acids is 1. The highest BCUT2D eigenvalue weighted by Gasteiger charge is 2.19. The van der Waals surface area contributed by atoms with E-state index in [0.717, 1.165) is 5.56 Å². The molecule has 6 nitrogen and oxygen atoms in total. The van der Waals surface area contributed by atoms with E-state index in [-0.39, 0.29) is 12.8 Å². The largest absolute Gasteiger partial charge is 0.481 e. The van der Waals surface area contributed by atoms with E-state index in [2.05, 4.69) is 5.32 Å². The van der Waals surface area contributed by atoms with Crippen LogP contribution in [0.25, 0.3) is 0 Å². The lowest BCUT2D eigenvalue weighted by Crippen LogP contribution is -2.46. The molecule has 6 heteroatoms. The molecule has 4 N–H and O–H groups in total. The van der Waals surface area contributed by atoms with Gasteiger partial charge in [0.2, 0.25) is 12.2 Å². The van der Waals surface area contributed by atoms with Crippen molar-refractivity contribution in [3.8, 4) is 0 Å². The summed E-state index contributed by atoms with van der Waals surface area (Å²) in [5.41, 5.74) is 6.45. The molecule has 0 fully saturated rings. The van der Waals surface area contributed by atoms with Crippen molar-refractivity contribution in [1.82, 2.24) is 5.32 Å². The monoisotopic (exact) mass is 277 g/mol. The minimum absolute atomic E-state index is 0.0259. The molecule has 0 heterocycles. The predicted molar refractivity (Wildman–Crippen MR) is 72.6 cm³/mol. The van der Waals surface area contributed by atoms with Crippen LogP contribution in [0.3, 0.4) is 0 Å². The van der Waals surface area contributed by atoms with E-state index >= 15 is 0 Å². The van der Waals surface area contributed by atoms with Crippen LogP contribution in [-0.2, 0) is 20.8 Å². The highest BCUT2D eigenvalue weighted by atomic mass is 16.4. The van der Waals surface area contributed by atoms with Crippen LogP contribution in [0.2, 0.25) is 0 Å². The number of nitrogens with one attached hydrogen (secondary N) is 1. The van der Waals surface area contributed by atoms with Crippen molar-refractivity contribution in [1.29, 1.82) is 0 Å². The first-order valence-corrected chi connectivity index (χ1v) is 6.22. The average Bonchev–Trinajstić information content (AvgIpc) is 2.44. The van der Waals surface area contributed by atoms with Gasteiger partial charge in [0.15, 0.2) is 0 Å². The predicted octanol–water partition coefficient (Wildman–Crippen LogP) is 0.0157. The van der Waals surface area contributed by atoms with Crippen LogP contribution < -0.4 is 11.1 Å². The zero-order valence-corrected chi connectivity index (χ0v) is 10.9. The highest BCUT2D eigenvalue weighted by molar-refractivity contribution is 5.84. The summed E-state index contributed by atoms with van der Waals surface area (Å²) in [6.07, 6.45) is 1.90. The van der Waals surface area contributed by atoms with Gasteiger partial charge < -0.3 is 16.2 Å². The molecule has 1 aromatic rings. The molecular weight excluding hydrogens is 260 g/mol. The highest BCUT2D eigenvalue weighted by Crippen LogP contribution is 2.03. The van der Waals surface area contributed by atoms with Crippen LogP contribution in [0.4, 0.5) is 0 Å². The minimum atomic E-state index is -1.02. The Morgan fingerprint density at radius 1 is 1.30 bits per heavy atom. The molecule has 0 aliphatic rings. The van der Waals surface area contributed by atoms with Gasteiger partial charge in [0, 0.05) is 12.8 Å². The maximum atomic E-state index is 11.7. The molecule has 0 unspecified atom stereocenters. The third-order valence-corrected chi connectivity index (χ3v) is 2.75. The Morgan fingerprint density at radius 3 is 2.50 bits per heavy atom. The first-order chi connectivity index (χ1) is 9.52. The molecule has 1 rings (SSSR count). The maximum absolute atomic E-state index is 11.7. The van der Waals surface area contributed by atoms with Crippen molar-refractivity contribution in [3.05, 3.63) is 35.9 Å². The van der Waals surface area contributed by atoms with Crippen LogP contribution in [0.15, 0.2) is 30.3 Å². The van der Waals surface area contributed by atoms with Gasteiger partial charge in [-0.3, -0.25) is 14.4 Å². The number of benzene rings is 1. The van der Waals surface area contributed by atoms with Gasteiger partial charge in [-0.25, -0.2) is 0 Å². The molecule has 0 spiro atoms. The number of nitrogens with two attached hydrogens (primary N) is 1. The fraction of sp³-hybridized carbons (Fsp3) is 0.357. The van der Waals surface area contributed by atoms with Crippen molar-refractivity contribution in [3.63, 3.8) is 0 Å². The molecule has 0 aliphatic carbocycles. The molecule has 20 heavy (non-hydrogen) atoms. The molecule has 0 saturated heterocycles. The molecule has 1 amide bonds. The summed E-state index contributed by atoms with van der Waals surface area (Å²) in [5.74, 6) is -1.56. The summed E-state index contributed by atoms with van der Waals surface area (Å²) in [6.45, 7) is 0. The maximum Gasteiger partial charge on any atom is 0.303 e. The number of hydrogen-bond donors (Lipinski definition) is 3. The molecular formula is C14H17N2O4. The molecule has 107 valence electrons. The van der Waals surface area contributed by atoms with E-state index in [1.54, 1.807) is 6.29 Å². The quantitative estimate of drug-likeness (QED) is 0.620. The molecule has 0 saturated carbocycles. The lowest BCUT2D eigenvalue weighted by atomic mass is 10.1. The minimum Gasteiger partial charge on any atom is -0.481 e. The first-order valence-electron chi connectivity index (χ1n) is 6.22. The number of amides is 1. The topological polar surface area (TPSA) is 109 Å². The fourth-order valence-electron chi connectivity index (χ4n) is 1.66. The molecule has 1 radical (unpaired) electrons. The standard InChI is InChI=1S/C14H17N2O4/c15-12(6-7-13(18)19)14(20)16-11(9-17)8-10-4-2-1-3-5-10/h1-5,11-12H,6-8,15H2,(H,16,20)(H,18,19)/t11-,12-/m0/s1. The molecule has 0 bridgehead atoms. The Hall–Kier alpha value is -2.21. The van der Waals surface area contributed by atoms with Gasteiger partial charge in [0.25, 0.3) is 0 Å². The SMILES string of the molecule is N[C@@H](CCC(=O)O)C(=O)N[C@H]([C]=O)Cc1ccccc1. The van der Waals surface area contributed by atoms with Gasteiger partial charge in [-0.2, -0.15) is 0 Å². The van der Waals surface area contributed by atoms with Crippen LogP contribution in [0, 0.1) is 0 Å². The molecule has 0 aliphatic heterocycles. The lowest BCUT2D eigenvalue weighted by molar-refractivity contribution is -0.137. The summed E-state index contributed by atoms with van der Waals surface area (Å²) in [6, 6.07) is 7.44. The number of hydrogen-bond acceptors (Lipinski definition) is 4. The lowest BCUT2D eigenvalue weighted by Gasteiger charge is -2.15. The molecule has 2 atom stereocenters. The van der Waals surface area contributed by atoms with Gasteiger partial charge in [-0.15, -0.1) is 0 Å². The van der Waals surface area contributed by atoms with Crippen molar-refractivity contribution >= 4 is 18.2 Å². The van der Waals surface area contributed by atoms with E-state index in [1.807, 2.05) is 30.3 Å². The van der Waals surface area contributed by atoms with Gasteiger partial charge in [0.05, 0.1) is 12.1 Å². The van der Waals surface area contributed by atoms with E-state index in [9.17, 15) is 14.4 Å². The average molecular weight is 277 g/mol. The smallest absolute Gasteiger partial charge is 0.303 e. The second-order valence-corrected chi connectivity index (χ2v) is 4.41. The third-order valence-electron chi connectivity index (χ3n) is 2.75. The second kappa shape index (κ2) is 8.06. The summed E-state index contributed by atoms with van der Waals surface area (Å²) in [5, 5.41) is 11.0. The summed E-state index contributed by atoms with van der Waals surface area (Å²) >= 11 is 0. The summed E-state index contributed by atoms with van der Waals surface area (Å²) in [4.78, 5) is 33.0. The van der Waals surface area contributed by atoms with Crippen LogP contribution in [-0.4, -0.2) is 35.4 Å². The van der Waals surface area contributed by atoms with E-state index in [0.29, 0.717) is 6.42 Å². The van der Waals surface area contributed by atoms with Gasteiger partial charge in [0.1, 0.15) is 0 Å². The van der Waals surface area contributed by atoms with Crippen molar-refractivity contribution in [2.45, 2.75) is 31.3 Å². The zero-order chi connectivity index (χ0) is 15.0. The molecule has 1 aromatic carbocycles. The van der Waals surface area contributed by atoms with Crippen molar-refractivity contribution in [2.24, 2.45) is 5.73 Å².